The molecule has 0 bridgehead atoms. The van der Waals surface area contributed by atoms with Crippen molar-refractivity contribution in [1.29, 1.82) is 0 Å². The maximum absolute atomic E-state index is 13.1. The number of esters is 1. The number of halogens is 1. The predicted molar refractivity (Wildman–Crippen MR) is 106 cm³/mol. The van der Waals surface area contributed by atoms with Crippen LogP contribution in [0.15, 0.2) is 54.6 Å². The molecule has 0 aliphatic rings. The molecule has 0 radical (unpaired) electrons. The van der Waals surface area contributed by atoms with Crippen molar-refractivity contribution in [2.24, 2.45) is 5.92 Å². The van der Waals surface area contributed by atoms with Crippen LogP contribution < -0.4 is 5.32 Å². The molecule has 0 heterocycles. The quantitative estimate of drug-likeness (QED) is 0.516. The molecule has 7 nitrogen and oxygen atoms in total. The fraction of sp³-hybridized carbons (Fsp3) is 0.318. The molecule has 2 rings (SSSR count). The topological polar surface area (TPSA) is 90.9 Å². The minimum absolute atomic E-state index is 0.00141. The van der Waals surface area contributed by atoms with Crippen LogP contribution in [0.4, 0.5) is 14.0 Å². The Balaban J connectivity index is 2.00. The summed E-state index contributed by atoms with van der Waals surface area (Å²) in [5.74, 6) is -1.39. The standard InChI is InChI=1S/C22H24FNO6/c1-15(2)13-29-22(27)30-20(25)19(12-16-8-10-18(23)11-9-16)24-21(26)28-14-17-6-4-3-5-7-17/h3-11,15,19H,12-14H2,1-2H3,(H,24,26)/t19-/m0/s1. The summed E-state index contributed by atoms with van der Waals surface area (Å²) in [4.78, 5) is 36.3. The lowest BCUT2D eigenvalue weighted by Gasteiger charge is -2.17. The van der Waals surface area contributed by atoms with E-state index in [1.165, 1.54) is 24.3 Å². The highest BCUT2D eigenvalue weighted by molar-refractivity contribution is 5.88. The Morgan fingerprint density at radius 2 is 1.60 bits per heavy atom. The lowest BCUT2D eigenvalue weighted by atomic mass is 10.1. The number of carbonyl (C=O) groups excluding carboxylic acids is 3. The molecule has 0 fully saturated rings. The van der Waals surface area contributed by atoms with Crippen LogP contribution in [-0.4, -0.2) is 30.9 Å². The van der Waals surface area contributed by atoms with Crippen LogP contribution >= 0.6 is 0 Å². The number of rotatable bonds is 8. The van der Waals surface area contributed by atoms with Gasteiger partial charge in [-0.2, -0.15) is 0 Å². The number of benzene rings is 2. The monoisotopic (exact) mass is 417 g/mol. The van der Waals surface area contributed by atoms with Crippen LogP contribution in [0.1, 0.15) is 25.0 Å². The van der Waals surface area contributed by atoms with Gasteiger partial charge in [-0.3, -0.25) is 0 Å². The molecule has 0 aromatic heterocycles. The predicted octanol–water partition coefficient (Wildman–Crippen LogP) is 4.00. The van der Waals surface area contributed by atoms with Gasteiger partial charge in [0.15, 0.2) is 0 Å². The van der Waals surface area contributed by atoms with Gasteiger partial charge in [0.05, 0.1) is 6.61 Å². The minimum Gasteiger partial charge on any atom is -0.445 e. The Kier molecular flexibility index (Phi) is 8.80. The van der Waals surface area contributed by atoms with Gasteiger partial charge in [-0.25, -0.2) is 18.8 Å². The zero-order valence-corrected chi connectivity index (χ0v) is 16.8. The van der Waals surface area contributed by atoms with Gasteiger partial charge in [-0.05, 0) is 29.2 Å². The van der Waals surface area contributed by atoms with Gasteiger partial charge in [0.1, 0.15) is 18.5 Å². The van der Waals surface area contributed by atoms with Crippen LogP contribution in [-0.2, 0) is 32.0 Å². The van der Waals surface area contributed by atoms with Crippen LogP contribution in [0.5, 0.6) is 0 Å². The molecule has 0 aliphatic carbocycles. The summed E-state index contributed by atoms with van der Waals surface area (Å²) < 4.78 is 27.8. The third kappa shape index (κ3) is 8.30. The van der Waals surface area contributed by atoms with Crippen LogP contribution in [0.3, 0.4) is 0 Å². The maximum atomic E-state index is 13.1. The van der Waals surface area contributed by atoms with E-state index in [0.29, 0.717) is 5.56 Å². The van der Waals surface area contributed by atoms with Gasteiger partial charge in [0.2, 0.25) is 0 Å². The van der Waals surface area contributed by atoms with Crippen LogP contribution in [0.25, 0.3) is 0 Å². The van der Waals surface area contributed by atoms with Crippen molar-refractivity contribution in [1.82, 2.24) is 5.32 Å². The zero-order valence-electron chi connectivity index (χ0n) is 16.8. The van der Waals surface area contributed by atoms with E-state index in [4.69, 9.17) is 9.47 Å². The molecule has 160 valence electrons. The smallest absolute Gasteiger partial charge is 0.445 e. The van der Waals surface area contributed by atoms with Gasteiger partial charge < -0.3 is 19.5 Å². The number of nitrogens with one attached hydrogen (secondary N) is 1. The molecule has 1 N–H and O–H groups in total. The first-order valence-electron chi connectivity index (χ1n) is 9.43. The first-order chi connectivity index (χ1) is 14.3. The number of hydrogen-bond acceptors (Lipinski definition) is 6. The second-order valence-corrected chi connectivity index (χ2v) is 6.97. The Morgan fingerprint density at radius 3 is 2.23 bits per heavy atom. The average Bonchev–Trinajstić information content (AvgIpc) is 2.72. The van der Waals surface area contributed by atoms with Gasteiger partial charge in [0.25, 0.3) is 0 Å². The molecule has 1 atom stereocenters. The fourth-order valence-corrected chi connectivity index (χ4v) is 2.37. The summed E-state index contributed by atoms with van der Waals surface area (Å²) in [5, 5.41) is 2.38. The molecule has 0 spiro atoms. The van der Waals surface area contributed by atoms with Crippen molar-refractivity contribution in [3.05, 3.63) is 71.5 Å². The third-order valence-electron chi connectivity index (χ3n) is 3.86. The third-order valence-corrected chi connectivity index (χ3v) is 3.86. The van der Waals surface area contributed by atoms with Crippen molar-refractivity contribution in [3.8, 4) is 0 Å². The number of hydrogen-bond donors (Lipinski definition) is 1. The maximum Gasteiger partial charge on any atom is 0.516 e. The normalized spacial score (nSPS) is 11.5. The number of carbonyl (C=O) groups is 3. The van der Waals surface area contributed by atoms with Crippen molar-refractivity contribution in [2.45, 2.75) is 32.9 Å². The molecule has 30 heavy (non-hydrogen) atoms. The molecular formula is C22H24FNO6. The zero-order chi connectivity index (χ0) is 21.9. The van der Waals surface area contributed by atoms with Crippen molar-refractivity contribution >= 4 is 18.2 Å². The molecule has 2 aromatic rings. The number of alkyl carbamates (subject to hydrolysis) is 1. The van der Waals surface area contributed by atoms with E-state index in [2.05, 4.69) is 10.1 Å². The Hall–Kier alpha value is -3.42. The van der Waals surface area contributed by atoms with Gasteiger partial charge >= 0.3 is 18.2 Å². The lowest BCUT2D eigenvalue weighted by Crippen LogP contribution is -2.44. The minimum atomic E-state index is -1.23. The highest BCUT2D eigenvalue weighted by Gasteiger charge is 2.26. The van der Waals surface area contributed by atoms with Crippen LogP contribution in [0, 0.1) is 11.7 Å². The van der Waals surface area contributed by atoms with Crippen molar-refractivity contribution in [2.75, 3.05) is 6.61 Å². The van der Waals surface area contributed by atoms with E-state index in [9.17, 15) is 18.8 Å². The first kappa shape index (κ1) is 22.9. The fourth-order valence-electron chi connectivity index (χ4n) is 2.37. The van der Waals surface area contributed by atoms with Crippen LogP contribution in [0.2, 0.25) is 0 Å². The second kappa shape index (κ2) is 11.5. The highest BCUT2D eigenvalue weighted by atomic mass is 19.1. The van der Waals surface area contributed by atoms with E-state index in [1.807, 2.05) is 19.9 Å². The Bertz CT molecular complexity index is 838. The van der Waals surface area contributed by atoms with Crippen molar-refractivity contribution in [3.63, 3.8) is 0 Å². The second-order valence-electron chi connectivity index (χ2n) is 6.97. The molecule has 0 saturated heterocycles. The van der Waals surface area contributed by atoms with Gasteiger partial charge in [0, 0.05) is 6.42 Å². The summed E-state index contributed by atoms with van der Waals surface area (Å²) in [5.41, 5.74) is 1.32. The highest BCUT2D eigenvalue weighted by Crippen LogP contribution is 2.09. The lowest BCUT2D eigenvalue weighted by molar-refractivity contribution is -0.142. The largest absolute Gasteiger partial charge is 0.516 e. The van der Waals surface area contributed by atoms with E-state index in [-0.39, 0.29) is 25.6 Å². The summed E-state index contributed by atoms with van der Waals surface area (Å²) in [6, 6.07) is 13.1. The van der Waals surface area contributed by atoms with Gasteiger partial charge in [-0.15, -0.1) is 0 Å². The molecule has 0 unspecified atom stereocenters. The molecule has 2 aromatic carbocycles. The average molecular weight is 417 g/mol. The van der Waals surface area contributed by atoms with E-state index < -0.39 is 30.1 Å². The van der Waals surface area contributed by atoms with E-state index in [1.54, 1.807) is 24.3 Å². The Morgan fingerprint density at radius 1 is 0.933 bits per heavy atom. The molecular weight excluding hydrogens is 393 g/mol. The molecule has 0 saturated carbocycles. The van der Waals surface area contributed by atoms with Crippen molar-refractivity contribution < 1.29 is 33.0 Å². The summed E-state index contributed by atoms with van der Waals surface area (Å²) in [7, 11) is 0. The number of amides is 1. The summed E-state index contributed by atoms with van der Waals surface area (Å²) in [6.07, 6.45) is -2.05. The van der Waals surface area contributed by atoms with E-state index in [0.717, 1.165) is 5.56 Å². The molecule has 1 amide bonds. The summed E-state index contributed by atoms with van der Waals surface area (Å²) >= 11 is 0. The first-order valence-corrected chi connectivity index (χ1v) is 9.43. The summed E-state index contributed by atoms with van der Waals surface area (Å²) in [6.45, 7) is 3.75. The molecule has 8 heteroatoms. The molecule has 0 aliphatic heterocycles. The Labute approximate surface area is 174 Å². The van der Waals surface area contributed by atoms with E-state index >= 15 is 0 Å². The number of ether oxygens (including phenoxy) is 3. The van der Waals surface area contributed by atoms with Gasteiger partial charge in [-0.1, -0.05) is 56.3 Å². The SMILES string of the molecule is CC(C)COC(=O)OC(=O)[C@H](Cc1ccc(F)cc1)NC(=O)OCc1ccccc1.